The van der Waals surface area contributed by atoms with Crippen molar-refractivity contribution in [1.82, 2.24) is 0 Å². The zero-order valence-corrected chi connectivity index (χ0v) is 17.0. The lowest BCUT2D eigenvalue weighted by molar-refractivity contribution is 0.0596. The Morgan fingerprint density at radius 1 is 0.931 bits per heavy atom. The van der Waals surface area contributed by atoms with Crippen LogP contribution in [0.2, 0.25) is 10.0 Å². The minimum absolute atomic E-state index is 0.00676. The van der Waals surface area contributed by atoms with Crippen LogP contribution in [0.3, 0.4) is 0 Å². The zero-order chi connectivity index (χ0) is 21.0. The molecule has 0 unspecified atom stereocenters. The summed E-state index contributed by atoms with van der Waals surface area (Å²) in [6.45, 7) is 0. The average Bonchev–Trinajstić information content (AvgIpc) is 2.71. The van der Waals surface area contributed by atoms with Crippen molar-refractivity contribution in [1.29, 1.82) is 0 Å². The van der Waals surface area contributed by atoms with Crippen LogP contribution in [-0.2, 0) is 17.6 Å². The predicted molar refractivity (Wildman–Crippen MR) is 111 cm³/mol. The lowest BCUT2D eigenvalue weighted by Crippen LogP contribution is -2.08. The summed E-state index contributed by atoms with van der Waals surface area (Å²) in [6.07, 6.45) is 0.682. The summed E-state index contributed by atoms with van der Waals surface area (Å²) in [5.74, 6) is -0.326. The molecule has 0 aliphatic heterocycles. The van der Waals surface area contributed by atoms with Crippen molar-refractivity contribution in [2.24, 2.45) is 0 Å². The number of para-hydroxylation sites is 2. The first-order valence-corrected chi connectivity index (χ1v) is 9.50. The van der Waals surface area contributed by atoms with Crippen molar-refractivity contribution in [2.75, 3.05) is 7.11 Å². The lowest BCUT2D eigenvalue weighted by atomic mass is 9.98. The standard InChI is InChI=1S/C22H18Cl2O5/c1-28-22(27)20-14(21(24)17(26)12-16(20)25)11-10-13-6-2-4-8-18(13)29-19-9-5-3-7-15(19)23/h2-9,12,25-26H,10-11H2,1H3. The van der Waals surface area contributed by atoms with E-state index in [1.54, 1.807) is 18.2 Å². The summed E-state index contributed by atoms with van der Waals surface area (Å²) >= 11 is 12.4. The maximum absolute atomic E-state index is 12.1. The van der Waals surface area contributed by atoms with Crippen molar-refractivity contribution in [2.45, 2.75) is 12.8 Å². The number of hydrogen-bond donors (Lipinski definition) is 2. The quantitative estimate of drug-likeness (QED) is 0.483. The average molecular weight is 433 g/mol. The largest absolute Gasteiger partial charge is 0.507 e. The molecule has 0 aliphatic carbocycles. The first kappa shape index (κ1) is 20.8. The first-order chi connectivity index (χ1) is 13.9. The number of esters is 1. The van der Waals surface area contributed by atoms with Gasteiger partial charge in [0.1, 0.15) is 28.6 Å². The van der Waals surface area contributed by atoms with E-state index in [-0.39, 0.29) is 22.8 Å². The fourth-order valence-electron chi connectivity index (χ4n) is 2.96. The highest BCUT2D eigenvalue weighted by atomic mass is 35.5. The van der Waals surface area contributed by atoms with Gasteiger partial charge in [0.05, 0.1) is 17.2 Å². The van der Waals surface area contributed by atoms with Gasteiger partial charge in [-0.25, -0.2) is 4.79 Å². The zero-order valence-electron chi connectivity index (χ0n) is 15.5. The number of carbonyl (C=O) groups is 1. The van der Waals surface area contributed by atoms with Crippen molar-refractivity contribution in [3.8, 4) is 23.0 Å². The summed E-state index contributed by atoms with van der Waals surface area (Å²) in [6, 6.07) is 15.5. The third kappa shape index (κ3) is 4.58. The third-order valence-electron chi connectivity index (χ3n) is 4.38. The summed E-state index contributed by atoms with van der Waals surface area (Å²) in [4.78, 5) is 12.1. The maximum Gasteiger partial charge on any atom is 0.341 e. The fourth-order valence-corrected chi connectivity index (χ4v) is 3.38. The molecule has 0 fully saturated rings. The number of phenolic OH excluding ortho intramolecular Hbond substituents is 2. The van der Waals surface area contributed by atoms with E-state index < -0.39 is 11.7 Å². The summed E-state index contributed by atoms with van der Waals surface area (Å²) < 4.78 is 10.7. The molecule has 2 N–H and O–H groups in total. The van der Waals surface area contributed by atoms with E-state index >= 15 is 0 Å². The number of phenols is 2. The van der Waals surface area contributed by atoms with Crippen molar-refractivity contribution in [3.05, 3.63) is 81.3 Å². The minimum atomic E-state index is -0.736. The van der Waals surface area contributed by atoms with Crippen LogP contribution < -0.4 is 4.74 Å². The molecule has 0 saturated heterocycles. The van der Waals surface area contributed by atoms with Gasteiger partial charge in [-0.1, -0.05) is 53.5 Å². The smallest absolute Gasteiger partial charge is 0.341 e. The number of carbonyl (C=O) groups excluding carboxylic acids is 1. The molecule has 0 aliphatic rings. The van der Waals surface area contributed by atoms with Gasteiger partial charge in [-0.05, 0) is 42.2 Å². The highest BCUT2D eigenvalue weighted by molar-refractivity contribution is 6.33. The summed E-state index contributed by atoms with van der Waals surface area (Å²) in [5.41, 5.74) is 1.06. The fraction of sp³-hybridized carbons (Fsp3) is 0.136. The van der Waals surface area contributed by atoms with Gasteiger partial charge in [-0.3, -0.25) is 0 Å². The van der Waals surface area contributed by atoms with E-state index in [4.69, 9.17) is 32.7 Å². The van der Waals surface area contributed by atoms with E-state index in [9.17, 15) is 15.0 Å². The topological polar surface area (TPSA) is 76.0 Å². The Bertz CT molecular complexity index is 1050. The maximum atomic E-state index is 12.1. The molecule has 0 radical (unpaired) electrons. The first-order valence-electron chi connectivity index (χ1n) is 8.74. The summed E-state index contributed by atoms with van der Waals surface area (Å²) in [5, 5.41) is 20.5. The normalized spacial score (nSPS) is 10.6. The van der Waals surface area contributed by atoms with Crippen LogP contribution >= 0.6 is 23.2 Å². The van der Waals surface area contributed by atoms with Crippen LogP contribution in [-0.4, -0.2) is 23.3 Å². The van der Waals surface area contributed by atoms with Crippen molar-refractivity contribution < 1.29 is 24.5 Å². The molecule has 0 bridgehead atoms. The molecular weight excluding hydrogens is 415 g/mol. The highest BCUT2D eigenvalue weighted by Gasteiger charge is 2.23. The second-order valence-corrected chi connectivity index (χ2v) is 7.00. The van der Waals surface area contributed by atoms with Crippen LogP contribution in [0.4, 0.5) is 0 Å². The van der Waals surface area contributed by atoms with Gasteiger partial charge < -0.3 is 19.7 Å². The highest BCUT2D eigenvalue weighted by Crippen LogP contribution is 2.38. The van der Waals surface area contributed by atoms with Crippen molar-refractivity contribution in [3.63, 3.8) is 0 Å². The molecule has 3 rings (SSSR count). The molecular formula is C22H18Cl2O5. The van der Waals surface area contributed by atoms with Crippen LogP contribution in [0.1, 0.15) is 21.5 Å². The molecule has 0 atom stereocenters. The summed E-state index contributed by atoms with van der Waals surface area (Å²) in [7, 11) is 1.21. The third-order valence-corrected chi connectivity index (χ3v) is 5.12. The van der Waals surface area contributed by atoms with E-state index in [0.29, 0.717) is 28.5 Å². The van der Waals surface area contributed by atoms with Gasteiger partial charge in [-0.2, -0.15) is 0 Å². The molecule has 0 heterocycles. The van der Waals surface area contributed by atoms with Crippen LogP contribution in [0.5, 0.6) is 23.0 Å². The van der Waals surface area contributed by atoms with Gasteiger partial charge in [0.25, 0.3) is 0 Å². The number of ether oxygens (including phenoxy) is 2. The number of aromatic hydroxyl groups is 2. The minimum Gasteiger partial charge on any atom is -0.507 e. The monoisotopic (exact) mass is 432 g/mol. The Kier molecular flexibility index (Phi) is 6.52. The Morgan fingerprint density at radius 3 is 2.28 bits per heavy atom. The Labute approximate surface area is 178 Å². The molecule has 3 aromatic rings. The second-order valence-electron chi connectivity index (χ2n) is 6.21. The molecule has 0 amide bonds. The van der Waals surface area contributed by atoms with Gasteiger partial charge in [0.15, 0.2) is 0 Å². The molecule has 0 spiro atoms. The Hall–Kier alpha value is -2.89. The molecule has 29 heavy (non-hydrogen) atoms. The number of benzene rings is 3. The van der Waals surface area contributed by atoms with Crippen LogP contribution in [0.15, 0.2) is 54.6 Å². The number of halogens is 2. The van der Waals surface area contributed by atoms with Crippen LogP contribution in [0, 0.1) is 0 Å². The molecule has 150 valence electrons. The molecule has 5 nitrogen and oxygen atoms in total. The van der Waals surface area contributed by atoms with E-state index in [1.807, 2.05) is 30.3 Å². The van der Waals surface area contributed by atoms with E-state index in [1.165, 1.54) is 7.11 Å². The van der Waals surface area contributed by atoms with Crippen LogP contribution in [0.25, 0.3) is 0 Å². The number of aryl methyl sites for hydroxylation is 1. The number of rotatable bonds is 6. The van der Waals surface area contributed by atoms with E-state index in [2.05, 4.69) is 0 Å². The van der Waals surface area contributed by atoms with Gasteiger partial charge in [0.2, 0.25) is 0 Å². The van der Waals surface area contributed by atoms with Gasteiger partial charge in [0, 0.05) is 6.07 Å². The molecule has 0 saturated carbocycles. The van der Waals surface area contributed by atoms with Gasteiger partial charge in [-0.15, -0.1) is 0 Å². The van der Waals surface area contributed by atoms with Gasteiger partial charge >= 0.3 is 5.97 Å². The Balaban J connectivity index is 1.92. The Morgan fingerprint density at radius 2 is 1.59 bits per heavy atom. The number of methoxy groups -OCH3 is 1. The molecule has 7 heteroatoms. The molecule has 0 aromatic heterocycles. The molecule has 3 aromatic carbocycles. The number of hydrogen-bond acceptors (Lipinski definition) is 5. The van der Waals surface area contributed by atoms with Crippen molar-refractivity contribution >= 4 is 29.2 Å². The van der Waals surface area contributed by atoms with E-state index in [0.717, 1.165) is 11.6 Å². The predicted octanol–water partition coefficient (Wildman–Crippen LogP) is 5.77. The SMILES string of the molecule is COC(=O)c1c(O)cc(O)c(Cl)c1CCc1ccccc1Oc1ccccc1Cl. The lowest BCUT2D eigenvalue weighted by Gasteiger charge is -2.15. The second kappa shape index (κ2) is 9.07.